The molecule has 4 rings (SSSR count). The van der Waals surface area contributed by atoms with Crippen LogP contribution >= 0.6 is 0 Å². The molecule has 2 N–H and O–H groups in total. The van der Waals surface area contributed by atoms with E-state index >= 15 is 0 Å². The van der Waals surface area contributed by atoms with Crippen molar-refractivity contribution in [3.63, 3.8) is 0 Å². The monoisotopic (exact) mass is 393 g/mol. The van der Waals surface area contributed by atoms with Crippen molar-refractivity contribution in [3.8, 4) is 5.75 Å². The predicted molar refractivity (Wildman–Crippen MR) is 108 cm³/mol. The molecule has 0 aliphatic carbocycles. The zero-order valence-electron chi connectivity index (χ0n) is 16.2. The molecule has 1 saturated heterocycles. The van der Waals surface area contributed by atoms with Crippen molar-refractivity contribution in [1.82, 2.24) is 25.1 Å². The number of piperidine rings is 1. The number of aromatic amines is 1. The van der Waals surface area contributed by atoms with Crippen molar-refractivity contribution < 1.29 is 9.53 Å². The average Bonchev–Trinajstić information content (AvgIpc) is 3.21. The van der Waals surface area contributed by atoms with E-state index in [2.05, 4.69) is 30.5 Å². The molecule has 0 saturated carbocycles. The number of methoxy groups -OCH3 is 1. The molecule has 0 bridgehead atoms. The van der Waals surface area contributed by atoms with Crippen molar-refractivity contribution >= 4 is 17.8 Å². The fourth-order valence-corrected chi connectivity index (χ4v) is 3.41. The first-order valence-corrected chi connectivity index (χ1v) is 9.58. The Balaban J connectivity index is 1.34. The molecule has 1 fully saturated rings. The zero-order chi connectivity index (χ0) is 20.1. The molecule has 1 amide bonds. The van der Waals surface area contributed by atoms with Gasteiger partial charge in [-0.05, 0) is 36.6 Å². The van der Waals surface area contributed by atoms with Gasteiger partial charge in [0.25, 0.3) is 0 Å². The van der Waals surface area contributed by atoms with Crippen LogP contribution in [0.1, 0.15) is 24.2 Å². The predicted octanol–water partition coefficient (Wildman–Crippen LogP) is 2.05. The van der Waals surface area contributed by atoms with Gasteiger partial charge in [0.15, 0.2) is 0 Å². The Morgan fingerprint density at radius 1 is 1.28 bits per heavy atom. The Hall–Kier alpha value is -3.49. The lowest BCUT2D eigenvalue weighted by Gasteiger charge is -2.31. The highest BCUT2D eigenvalue weighted by Gasteiger charge is 2.27. The van der Waals surface area contributed by atoms with Gasteiger partial charge in [0.1, 0.15) is 11.6 Å². The Kier molecular flexibility index (Phi) is 5.64. The third-order valence-corrected chi connectivity index (χ3v) is 4.92. The van der Waals surface area contributed by atoms with Gasteiger partial charge >= 0.3 is 0 Å². The number of nitrogens with one attached hydrogen (secondary N) is 2. The van der Waals surface area contributed by atoms with Crippen LogP contribution in [0.4, 0.5) is 11.9 Å². The minimum Gasteiger partial charge on any atom is -0.497 e. The SMILES string of the molecule is COc1ccc(Cc2nc(NC(=O)[C@@H]3CCCN(c4ncccn4)C3)n[nH]2)cc1. The highest BCUT2D eigenvalue weighted by atomic mass is 16.5. The molecule has 150 valence electrons. The molecule has 3 aromatic rings. The van der Waals surface area contributed by atoms with E-state index in [1.165, 1.54) is 0 Å². The van der Waals surface area contributed by atoms with Crippen LogP contribution in [0, 0.1) is 5.92 Å². The number of carbonyl (C=O) groups excluding carboxylic acids is 1. The van der Waals surface area contributed by atoms with Crippen LogP contribution in [0.3, 0.4) is 0 Å². The fraction of sp³-hybridized carbons (Fsp3) is 0.350. The number of carbonyl (C=O) groups is 1. The molecule has 1 aromatic carbocycles. The van der Waals surface area contributed by atoms with Crippen LogP contribution in [0.5, 0.6) is 5.75 Å². The Labute approximate surface area is 168 Å². The quantitative estimate of drug-likeness (QED) is 0.660. The standard InChI is InChI=1S/C20H23N7O2/c1-29-16-7-5-14(6-8-16)12-17-23-19(26-25-17)24-18(28)15-4-2-11-27(13-15)20-21-9-3-10-22-20/h3,5-10,15H,2,4,11-13H2,1H3,(H2,23,24,25,26,28)/t15-/m1/s1. The summed E-state index contributed by atoms with van der Waals surface area (Å²) in [4.78, 5) is 27.7. The molecular formula is C20H23N7O2. The average molecular weight is 393 g/mol. The second kappa shape index (κ2) is 8.68. The van der Waals surface area contributed by atoms with E-state index in [0.717, 1.165) is 30.7 Å². The van der Waals surface area contributed by atoms with Gasteiger partial charge in [-0.3, -0.25) is 15.2 Å². The van der Waals surface area contributed by atoms with E-state index < -0.39 is 0 Å². The molecule has 3 heterocycles. The van der Waals surface area contributed by atoms with Crippen LogP contribution in [0.15, 0.2) is 42.7 Å². The summed E-state index contributed by atoms with van der Waals surface area (Å²) in [5, 5.41) is 9.84. The topological polar surface area (TPSA) is 109 Å². The number of aromatic nitrogens is 5. The van der Waals surface area contributed by atoms with Crippen LogP contribution < -0.4 is 15.0 Å². The number of ether oxygens (including phenoxy) is 1. The van der Waals surface area contributed by atoms with E-state index in [9.17, 15) is 4.79 Å². The number of hydrogen-bond acceptors (Lipinski definition) is 7. The van der Waals surface area contributed by atoms with Crippen molar-refractivity contribution in [1.29, 1.82) is 0 Å². The van der Waals surface area contributed by atoms with Gasteiger partial charge < -0.3 is 9.64 Å². The molecular weight excluding hydrogens is 370 g/mol. The van der Waals surface area contributed by atoms with E-state index in [0.29, 0.717) is 30.7 Å². The number of amides is 1. The van der Waals surface area contributed by atoms with Gasteiger partial charge in [-0.15, -0.1) is 5.10 Å². The summed E-state index contributed by atoms with van der Waals surface area (Å²) < 4.78 is 5.17. The summed E-state index contributed by atoms with van der Waals surface area (Å²) in [7, 11) is 1.64. The van der Waals surface area contributed by atoms with E-state index in [1.54, 1.807) is 25.6 Å². The van der Waals surface area contributed by atoms with Crippen LogP contribution in [0.2, 0.25) is 0 Å². The third-order valence-electron chi connectivity index (χ3n) is 4.92. The fourth-order valence-electron chi connectivity index (χ4n) is 3.41. The van der Waals surface area contributed by atoms with Gasteiger partial charge in [-0.2, -0.15) is 4.98 Å². The number of hydrogen-bond donors (Lipinski definition) is 2. The van der Waals surface area contributed by atoms with Gasteiger partial charge in [0.05, 0.1) is 13.0 Å². The van der Waals surface area contributed by atoms with Gasteiger partial charge in [0, 0.05) is 31.9 Å². The Bertz CT molecular complexity index is 943. The zero-order valence-corrected chi connectivity index (χ0v) is 16.2. The smallest absolute Gasteiger partial charge is 0.248 e. The highest BCUT2D eigenvalue weighted by Crippen LogP contribution is 2.21. The first kappa shape index (κ1) is 18.9. The van der Waals surface area contributed by atoms with Crippen molar-refractivity contribution in [2.75, 3.05) is 30.4 Å². The van der Waals surface area contributed by atoms with Crippen molar-refractivity contribution in [2.24, 2.45) is 5.92 Å². The third kappa shape index (κ3) is 4.68. The number of benzene rings is 1. The molecule has 0 radical (unpaired) electrons. The number of anilines is 2. The molecule has 0 unspecified atom stereocenters. The lowest BCUT2D eigenvalue weighted by Crippen LogP contribution is -2.41. The molecule has 9 heteroatoms. The summed E-state index contributed by atoms with van der Waals surface area (Å²) in [6, 6.07) is 9.54. The highest BCUT2D eigenvalue weighted by molar-refractivity contribution is 5.91. The van der Waals surface area contributed by atoms with Crippen LogP contribution in [0.25, 0.3) is 0 Å². The maximum Gasteiger partial charge on any atom is 0.248 e. The Morgan fingerprint density at radius 2 is 2.07 bits per heavy atom. The van der Waals surface area contributed by atoms with Gasteiger partial charge in [0.2, 0.25) is 17.8 Å². The lowest BCUT2D eigenvalue weighted by molar-refractivity contribution is -0.120. The second-order valence-electron chi connectivity index (χ2n) is 6.95. The normalized spacial score (nSPS) is 16.4. The van der Waals surface area contributed by atoms with Crippen molar-refractivity contribution in [2.45, 2.75) is 19.3 Å². The van der Waals surface area contributed by atoms with Crippen LogP contribution in [-0.4, -0.2) is 51.3 Å². The van der Waals surface area contributed by atoms with E-state index in [4.69, 9.17) is 4.74 Å². The van der Waals surface area contributed by atoms with Crippen molar-refractivity contribution in [3.05, 3.63) is 54.1 Å². The minimum atomic E-state index is -0.156. The number of rotatable bonds is 6. The van der Waals surface area contributed by atoms with Gasteiger partial charge in [-0.1, -0.05) is 12.1 Å². The molecule has 9 nitrogen and oxygen atoms in total. The minimum absolute atomic E-state index is 0.0828. The maximum absolute atomic E-state index is 12.7. The molecule has 1 aliphatic rings. The largest absolute Gasteiger partial charge is 0.497 e. The summed E-state index contributed by atoms with van der Waals surface area (Å²) in [5.74, 6) is 2.21. The lowest BCUT2D eigenvalue weighted by atomic mass is 9.97. The maximum atomic E-state index is 12.7. The van der Waals surface area contributed by atoms with Gasteiger partial charge in [-0.25, -0.2) is 9.97 Å². The first-order valence-electron chi connectivity index (χ1n) is 9.58. The molecule has 0 spiro atoms. The number of nitrogens with zero attached hydrogens (tertiary/aromatic N) is 5. The summed E-state index contributed by atoms with van der Waals surface area (Å²) in [6.07, 6.45) is 5.74. The molecule has 2 aromatic heterocycles. The van der Waals surface area contributed by atoms with Crippen LogP contribution in [-0.2, 0) is 11.2 Å². The second-order valence-corrected chi connectivity index (χ2v) is 6.95. The molecule has 1 aliphatic heterocycles. The summed E-state index contributed by atoms with van der Waals surface area (Å²) in [5.41, 5.74) is 1.07. The number of H-pyrrole nitrogens is 1. The first-order chi connectivity index (χ1) is 14.2. The van der Waals surface area contributed by atoms with E-state index in [-0.39, 0.29) is 11.8 Å². The summed E-state index contributed by atoms with van der Waals surface area (Å²) in [6.45, 7) is 1.43. The van der Waals surface area contributed by atoms with E-state index in [1.807, 2.05) is 29.2 Å². The molecule has 1 atom stereocenters. The molecule has 29 heavy (non-hydrogen) atoms. The summed E-state index contributed by atoms with van der Waals surface area (Å²) >= 11 is 0. The Morgan fingerprint density at radius 3 is 2.83 bits per heavy atom.